The fourth-order valence-corrected chi connectivity index (χ4v) is 1.96. The zero-order chi connectivity index (χ0) is 14.5. The van der Waals surface area contributed by atoms with E-state index < -0.39 is 11.4 Å². The van der Waals surface area contributed by atoms with Crippen molar-refractivity contribution in [3.8, 4) is 0 Å². The maximum atomic E-state index is 11.1. The minimum Gasteiger partial charge on any atom is -0.375 e. The molecular weight excluding hydrogens is 238 g/mol. The number of carbonyl (C=O) groups excluding carboxylic acids is 1. The molecule has 106 valence electrons. The lowest BCUT2D eigenvalue weighted by Gasteiger charge is -2.22. The van der Waals surface area contributed by atoms with Gasteiger partial charge in [0, 0.05) is 19.3 Å². The molecule has 1 aromatic carbocycles. The van der Waals surface area contributed by atoms with Crippen LogP contribution in [0.15, 0.2) is 24.3 Å². The Bertz CT molecular complexity index is 429. The highest BCUT2D eigenvalue weighted by molar-refractivity contribution is 5.83. The van der Waals surface area contributed by atoms with Gasteiger partial charge in [0.05, 0.1) is 5.54 Å². The number of aryl methyl sites for hydroxylation is 1. The quantitative estimate of drug-likeness (QED) is 0.737. The fourth-order valence-electron chi connectivity index (χ4n) is 1.96. The molecule has 0 aliphatic carbocycles. The van der Waals surface area contributed by atoms with E-state index in [1.54, 1.807) is 6.92 Å². The summed E-state index contributed by atoms with van der Waals surface area (Å²) in [5, 5.41) is 0. The summed E-state index contributed by atoms with van der Waals surface area (Å²) in [5.41, 5.74) is 12.6. The van der Waals surface area contributed by atoms with E-state index in [2.05, 4.69) is 43.1 Å². The van der Waals surface area contributed by atoms with Crippen LogP contribution in [-0.4, -0.2) is 25.0 Å². The average molecular weight is 263 g/mol. The largest absolute Gasteiger partial charge is 0.375 e. The molecule has 0 radical (unpaired) electrons. The van der Waals surface area contributed by atoms with Crippen LogP contribution in [0.2, 0.25) is 0 Å². The predicted molar refractivity (Wildman–Crippen MR) is 80.1 cm³/mol. The number of hydrogen-bond acceptors (Lipinski definition) is 3. The van der Waals surface area contributed by atoms with Gasteiger partial charge in [-0.2, -0.15) is 0 Å². The Morgan fingerprint density at radius 1 is 1.37 bits per heavy atom. The van der Waals surface area contributed by atoms with Crippen molar-refractivity contribution < 1.29 is 4.79 Å². The molecule has 4 N–H and O–H groups in total. The normalized spacial score (nSPS) is 13.9. The second-order valence-corrected chi connectivity index (χ2v) is 5.50. The van der Waals surface area contributed by atoms with Crippen molar-refractivity contribution in [1.82, 2.24) is 0 Å². The van der Waals surface area contributed by atoms with E-state index in [-0.39, 0.29) is 0 Å². The third-order valence-electron chi connectivity index (χ3n) is 3.44. The summed E-state index contributed by atoms with van der Waals surface area (Å²) in [6.07, 6.45) is 2.51. The van der Waals surface area contributed by atoms with Crippen LogP contribution in [0.4, 0.5) is 5.69 Å². The maximum Gasteiger partial charge on any atom is 0.237 e. The highest BCUT2D eigenvalue weighted by atomic mass is 16.1. The molecule has 0 aliphatic heterocycles. The van der Waals surface area contributed by atoms with Crippen molar-refractivity contribution in [2.75, 3.05) is 18.5 Å². The van der Waals surface area contributed by atoms with Gasteiger partial charge in [-0.15, -0.1) is 0 Å². The van der Waals surface area contributed by atoms with Gasteiger partial charge in [0.25, 0.3) is 0 Å². The summed E-state index contributed by atoms with van der Waals surface area (Å²) < 4.78 is 0. The Balaban J connectivity index is 2.36. The molecule has 0 aromatic heterocycles. The molecule has 4 heteroatoms. The van der Waals surface area contributed by atoms with Gasteiger partial charge in [0.15, 0.2) is 0 Å². The van der Waals surface area contributed by atoms with Crippen LogP contribution >= 0.6 is 0 Å². The lowest BCUT2D eigenvalue weighted by molar-refractivity contribution is -0.122. The third-order valence-corrected chi connectivity index (χ3v) is 3.44. The Hall–Kier alpha value is -1.55. The van der Waals surface area contributed by atoms with E-state index >= 15 is 0 Å². The maximum absolute atomic E-state index is 11.1. The second-order valence-electron chi connectivity index (χ2n) is 5.50. The van der Waals surface area contributed by atoms with Crippen molar-refractivity contribution in [2.45, 2.75) is 38.6 Å². The van der Waals surface area contributed by atoms with Crippen molar-refractivity contribution in [3.63, 3.8) is 0 Å². The summed E-state index contributed by atoms with van der Waals surface area (Å²) in [5.74, 6) is -0.431. The first-order valence-corrected chi connectivity index (χ1v) is 6.69. The summed E-state index contributed by atoms with van der Waals surface area (Å²) >= 11 is 0. The number of carbonyl (C=O) groups is 1. The number of unbranched alkanes of at least 4 members (excludes halogenated alkanes) is 1. The number of rotatable bonds is 7. The van der Waals surface area contributed by atoms with E-state index in [0.717, 1.165) is 19.4 Å². The SMILES string of the molecule is Cc1cccc(N(C)CCCCC(C)(N)C(N)=O)c1. The number of amides is 1. The Morgan fingerprint density at radius 3 is 2.63 bits per heavy atom. The Morgan fingerprint density at radius 2 is 2.05 bits per heavy atom. The minimum absolute atomic E-state index is 0.431. The zero-order valence-corrected chi connectivity index (χ0v) is 12.1. The lowest BCUT2D eigenvalue weighted by Crippen LogP contribution is -2.49. The highest BCUT2D eigenvalue weighted by Crippen LogP contribution is 2.16. The molecular formula is C15H25N3O. The van der Waals surface area contributed by atoms with Gasteiger partial charge in [-0.25, -0.2) is 0 Å². The molecule has 1 unspecified atom stereocenters. The minimum atomic E-state index is -0.887. The van der Waals surface area contributed by atoms with Crippen LogP contribution in [0, 0.1) is 6.92 Å². The first kappa shape index (κ1) is 15.5. The van der Waals surface area contributed by atoms with Crippen LogP contribution in [0.1, 0.15) is 31.7 Å². The molecule has 1 rings (SSSR count). The Kier molecular flexibility index (Phi) is 5.36. The van der Waals surface area contributed by atoms with Gasteiger partial charge >= 0.3 is 0 Å². The summed E-state index contributed by atoms with van der Waals surface area (Å²) in [4.78, 5) is 13.3. The van der Waals surface area contributed by atoms with Crippen LogP contribution in [-0.2, 0) is 4.79 Å². The van der Waals surface area contributed by atoms with Gasteiger partial charge in [-0.05, 0) is 50.8 Å². The number of hydrogen-bond donors (Lipinski definition) is 2. The predicted octanol–water partition coefficient (Wildman–Crippen LogP) is 1.80. The van der Waals surface area contributed by atoms with Crippen molar-refractivity contribution in [1.29, 1.82) is 0 Å². The van der Waals surface area contributed by atoms with Crippen LogP contribution in [0.25, 0.3) is 0 Å². The lowest BCUT2D eigenvalue weighted by atomic mass is 9.95. The molecule has 0 fully saturated rings. The smallest absolute Gasteiger partial charge is 0.237 e. The van der Waals surface area contributed by atoms with Gasteiger partial charge in [0.2, 0.25) is 5.91 Å². The number of nitrogens with zero attached hydrogens (tertiary/aromatic N) is 1. The van der Waals surface area contributed by atoms with Crippen LogP contribution in [0.3, 0.4) is 0 Å². The molecule has 0 saturated heterocycles. The fraction of sp³-hybridized carbons (Fsp3) is 0.533. The molecule has 1 atom stereocenters. The van der Waals surface area contributed by atoms with Crippen molar-refractivity contribution in [2.24, 2.45) is 11.5 Å². The standard InChI is InChI=1S/C15H25N3O/c1-12-7-6-8-13(11-12)18(3)10-5-4-9-15(2,17)14(16)19/h6-8,11H,4-5,9-10,17H2,1-3H3,(H2,16,19). The molecule has 0 spiro atoms. The summed E-state index contributed by atoms with van der Waals surface area (Å²) in [6.45, 7) is 4.72. The van der Waals surface area contributed by atoms with E-state index in [9.17, 15) is 4.79 Å². The van der Waals surface area contributed by atoms with E-state index in [4.69, 9.17) is 11.5 Å². The highest BCUT2D eigenvalue weighted by Gasteiger charge is 2.24. The van der Waals surface area contributed by atoms with Gasteiger partial charge in [-0.3, -0.25) is 4.79 Å². The number of primary amides is 1. The van der Waals surface area contributed by atoms with E-state index in [0.29, 0.717) is 6.42 Å². The monoisotopic (exact) mass is 263 g/mol. The summed E-state index contributed by atoms with van der Waals surface area (Å²) in [6, 6.07) is 8.41. The first-order valence-electron chi connectivity index (χ1n) is 6.69. The van der Waals surface area contributed by atoms with Gasteiger partial charge in [-0.1, -0.05) is 12.1 Å². The van der Waals surface area contributed by atoms with Crippen LogP contribution < -0.4 is 16.4 Å². The van der Waals surface area contributed by atoms with Crippen molar-refractivity contribution >= 4 is 11.6 Å². The molecule has 0 aliphatic rings. The molecule has 0 heterocycles. The number of nitrogens with two attached hydrogens (primary N) is 2. The molecule has 4 nitrogen and oxygen atoms in total. The van der Waals surface area contributed by atoms with Gasteiger partial charge < -0.3 is 16.4 Å². The van der Waals surface area contributed by atoms with E-state index in [1.807, 2.05) is 0 Å². The number of anilines is 1. The Labute approximate surface area is 115 Å². The van der Waals surface area contributed by atoms with Crippen LogP contribution in [0.5, 0.6) is 0 Å². The van der Waals surface area contributed by atoms with E-state index in [1.165, 1.54) is 11.3 Å². The second kappa shape index (κ2) is 6.57. The van der Waals surface area contributed by atoms with Gasteiger partial charge in [0.1, 0.15) is 0 Å². The molecule has 1 amide bonds. The molecule has 0 saturated carbocycles. The van der Waals surface area contributed by atoms with Crippen molar-refractivity contribution in [3.05, 3.63) is 29.8 Å². The molecule has 1 aromatic rings. The molecule has 19 heavy (non-hydrogen) atoms. The molecule has 0 bridgehead atoms. The zero-order valence-electron chi connectivity index (χ0n) is 12.1. The average Bonchev–Trinajstić information content (AvgIpc) is 2.34. The third kappa shape index (κ3) is 4.91. The first-order chi connectivity index (χ1) is 8.83. The number of benzene rings is 1. The topological polar surface area (TPSA) is 72.3 Å². The summed E-state index contributed by atoms with van der Waals surface area (Å²) in [7, 11) is 2.07.